The molecule has 0 fully saturated rings. The number of hydrogen-bond donors (Lipinski definition) is 2. The molecule has 0 amide bonds. The maximum absolute atomic E-state index is 9.29. The Morgan fingerprint density at radius 1 is 1.29 bits per heavy atom. The van der Waals surface area contributed by atoms with Crippen molar-refractivity contribution >= 4 is 28.9 Å². The Bertz CT molecular complexity index is 544. The number of aromatic nitrogens is 3. The first-order valence-corrected chi connectivity index (χ1v) is 5.12. The molecule has 2 aromatic rings. The Hall–Kier alpha value is -2.14. The Labute approximate surface area is 103 Å². The molecule has 0 aliphatic heterocycles. The zero-order valence-corrected chi connectivity index (χ0v) is 9.52. The molecule has 2 N–H and O–H groups in total. The molecule has 0 radical (unpaired) electrons. The van der Waals surface area contributed by atoms with Gasteiger partial charge in [0.1, 0.15) is 22.8 Å². The number of hydrogen-bond acceptors (Lipinski definition) is 5. The van der Waals surface area contributed by atoms with Crippen LogP contribution in [0.1, 0.15) is 5.69 Å². The molecule has 2 rings (SSSR count). The van der Waals surface area contributed by atoms with E-state index in [4.69, 9.17) is 11.6 Å². The van der Waals surface area contributed by atoms with Crippen LogP contribution in [-0.2, 0) is 0 Å². The van der Waals surface area contributed by atoms with Crippen LogP contribution in [0, 0.1) is 0 Å². The number of pyridine rings is 1. The highest BCUT2D eigenvalue weighted by Gasteiger charge is 2.11. The van der Waals surface area contributed by atoms with Crippen molar-refractivity contribution < 1.29 is 5.11 Å². The first kappa shape index (κ1) is 11.3. The van der Waals surface area contributed by atoms with Crippen LogP contribution in [0.25, 0.3) is 5.76 Å². The minimum absolute atomic E-state index is 0.199. The second-order valence-electron chi connectivity index (χ2n) is 3.19. The van der Waals surface area contributed by atoms with Crippen LogP contribution >= 0.6 is 11.6 Å². The van der Waals surface area contributed by atoms with E-state index in [-0.39, 0.29) is 16.5 Å². The Balaban J connectivity index is 2.34. The molecule has 0 aromatic carbocycles. The smallest absolute Gasteiger partial charge is 0.153 e. The summed E-state index contributed by atoms with van der Waals surface area (Å²) in [4.78, 5) is 11.7. The van der Waals surface area contributed by atoms with Gasteiger partial charge in [0.2, 0.25) is 0 Å². The van der Waals surface area contributed by atoms with E-state index in [9.17, 15) is 5.11 Å². The van der Waals surface area contributed by atoms with Crippen molar-refractivity contribution in [1.82, 2.24) is 15.0 Å². The third-order valence-electron chi connectivity index (χ3n) is 2.01. The summed E-state index contributed by atoms with van der Waals surface area (Å²) in [6.45, 7) is 3.38. The average Bonchev–Trinajstić information content (AvgIpc) is 2.33. The Morgan fingerprint density at radius 3 is 2.65 bits per heavy atom. The highest BCUT2D eigenvalue weighted by atomic mass is 35.5. The van der Waals surface area contributed by atoms with Gasteiger partial charge in [-0.25, -0.2) is 9.97 Å². The first-order chi connectivity index (χ1) is 8.18. The van der Waals surface area contributed by atoms with Gasteiger partial charge in [0, 0.05) is 18.1 Å². The lowest BCUT2D eigenvalue weighted by molar-refractivity contribution is 0.510. The summed E-state index contributed by atoms with van der Waals surface area (Å²) >= 11 is 6.03. The second-order valence-corrected chi connectivity index (χ2v) is 3.57. The minimum atomic E-state index is -0.199. The fraction of sp³-hybridized carbons (Fsp3) is 0. The molecule has 2 aromatic heterocycles. The van der Waals surface area contributed by atoms with Crippen LogP contribution in [0.15, 0.2) is 37.4 Å². The molecule has 0 spiro atoms. The fourth-order valence-electron chi connectivity index (χ4n) is 1.23. The molecular formula is C11H9ClN4O. The molecule has 6 heteroatoms. The monoisotopic (exact) mass is 248 g/mol. The first-order valence-electron chi connectivity index (χ1n) is 4.74. The number of aliphatic hydroxyl groups is 1. The largest absolute Gasteiger partial charge is 0.506 e. The van der Waals surface area contributed by atoms with Crippen LogP contribution in [0.3, 0.4) is 0 Å². The van der Waals surface area contributed by atoms with E-state index in [0.29, 0.717) is 5.82 Å². The van der Waals surface area contributed by atoms with E-state index in [0.717, 1.165) is 5.69 Å². The maximum Gasteiger partial charge on any atom is 0.153 e. The molecule has 17 heavy (non-hydrogen) atoms. The van der Waals surface area contributed by atoms with E-state index in [1.54, 1.807) is 24.5 Å². The van der Waals surface area contributed by atoms with E-state index in [2.05, 4.69) is 26.8 Å². The SMILES string of the molecule is C=C(O)c1ncnc(Nc2ccncc2)c1Cl. The standard InChI is InChI=1S/C11H9ClN4O/c1-7(17)10-9(12)11(15-6-14-10)16-8-2-4-13-5-3-8/h2-6,17H,1H2,(H,13,14,15,16). The van der Waals surface area contributed by atoms with Gasteiger partial charge >= 0.3 is 0 Å². The number of nitrogens with one attached hydrogen (secondary N) is 1. The molecule has 0 atom stereocenters. The van der Waals surface area contributed by atoms with Crippen LogP contribution in [0.4, 0.5) is 11.5 Å². The lowest BCUT2D eigenvalue weighted by atomic mass is 10.3. The molecule has 2 heterocycles. The van der Waals surface area contributed by atoms with Gasteiger partial charge in [0.15, 0.2) is 5.82 Å². The van der Waals surface area contributed by atoms with Crippen molar-refractivity contribution in [3.63, 3.8) is 0 Å². The van der Waals surface area contributed by atoms with Gasteiger partial charge in [0.25, 0.3) is 0 Å². The van der Waals surface area contributed by atoms with Gasteiger partial charge in [-0.2, -0.15) is 0 Å². The fourth-order valence-corrected chi connectivity index (χ4v) is 1.48. The van der Waals surface area contributed by atoms with Gasteiger partial charge < -0.3 is 10.4 Å². The van der Waals surface area contributed by atoms with Gasteiger partial charge in [-0.3, -0.25) is 4.98 Å². The van der Waals surface area contributed by atoms with Crippen molar-refractivity contribution in [2.45, 2.75) is 0 Å². The van der Waals surface area contributed by atoms with E-state index >= 15 is 0 Å². The third-order valence-corrected chi connectivity index (χ3v) is 2.36. The number of halogens is 1. The molecule has 5 nitrogen and oxygen atoms in total. The molecule has 0 aliphatic rings. The van der Waals surface area contributed by atoms with Gasteiger partial charge in [-0.15, -0.1) is 0 Å². The van der Waals surface area contributed by atoms with Gasteiger partial charge in [-0.05, 0) is 12.1 Å². The summed E-state index contributed by atoms with van der Waals surface area (Å²) in [5.74, 6) is 0.202. The molecular weight excluding hydrogens is 240 g/mol. The van der Waals surface area contributed by atoms with Gasteiger partial charge in [0.05, 0.1) is 0 Å². The average molecular weight is 249 g/mol. The van der Waals surface area contributed by atoms with Crippen molar-refractivity contribution in [3.05, 3.63) is 48.1 Å². The Kier molecular flexibility index (Phi) is 3.20. The lowest BCUT2D eigenvalue weighted by Gasteiger charge is -2.08. The Morgan fingerprint density at radius 2 is 2.00 bits per heavy atom. The number of anilines is 2. The van der Waals surface area contributed by atoms with Crippen molar-refractivity contribution in [2.75, 3.05) is 5.32 Å². The summed E-state index contributed by atoms with van der Waals surface area (Å²) in [5, 5.41) is 12.5. The molecule has 0 aliphatic carbocycles. The second kappa shape index (κ2) is 4.80. The van der Waals surface area contributed by atoms with Crippen molar-refractivity contribution in [3.8, 4) is 0 Å². The molecule has 0 unspecified atom stereocenters. The highest BCUT2D eigenvalue weighted by Crippen LogP contribution is 2.27. The molecule has 0 saturated heterocycles. The van der Waals surface area contributed by atoms with E-state index < -0.39 is 0 Å². The summed E-state index contributed by atoms with van der Waals surface area (Å²) in [6, 6.07) is 3.54. The number of aliphatic hydroxyl groups excluding tert-OH is 1. The summed E-state index contributed by atoms with van der Waals surface area (Å²) in [5.41, 5.74) is 0.994. The minimum Gasteiger partial charge on any atom is -0.506 e. The zero-order chi connectivity index (χ0) is 12.3. The molecule has 86 valence electrons. The normalized spacial score (nSPS) is 9.94. The quantitative estimate of drug-likeness (QED) is 0.818. The summed E-state index contributed by atoms with van der Waals surface area (Å²) in [7, 11) is 0. The number of rotatable bonds is 3. The van der Waals surface area contributed by atoms with Crippen LogP contribution in [0.5, 0.6) is 0 Å². The van der Waals surface area contributed by atoms with Crippen LogP contribution in [-0.4, -0.2) is 20.1 Å². The van der Waals surface area contributed by atoms with Crippen molar-refractivity contribution in [2.24, 2.45) is 0 Å². The topological polar surface area (TPSA) is 70.9 Å². The zero-order valence-electron chi connectivity index (χ0n) is 8.76. The molecule has 0 bridgehead atoms. The highest BCUT2D eigenvalue weighted by molar-refractivity contribution is 6.34. The summed E-state index contributed by atoms with van der Waals surface area (Å²) < 4.78 is 0. The van der Waals surface area contributed by atoms with E-state index in [1.165, 1.54) is 6.33 Å². The van der Waals surface area contributed by atoms with Crippen LogP contribution < -0.4 is 5.32 Å². The predicted octanol–water partition coefficient (Wildman–Crippen LogP) is 2.80. The molecule has 0 saturated carbocycles. The van der Waals surface area contributed by atoms with E-state index in [1.807, 2.05) is 0 Å². The maximum atomic E-state index is 9.29. The van der Waals surface area contributed by atoms with Crippen LogP contribution in [0.2, 0.25) is 5.02 Å². The van der Waals surface area contributed by atoms with Gasteiger partial charge in [-0.1, -0.05) is 18.2 Å². The summed E-state index contributed by atoms with van der Waals surface area (Å²) in [6.07, 6.45) is 4.58. The third kappa shape index (κ3) is 2.51. The van der Waals surface area contributed by atoms with Crippen molar-refractivity contribution in [1.29, 1.82) is 0 Å². The predicted molar refractivity (Wildman–Crippen MR) is 66.2 cm³/mol. The number of nitrogens with zero attached hydrogens (tertiary/aromatic N) is 3. The lowest BCUT2D eigenvalue weighted by Crippen LogP contribution is -1.99.